The SMILES string of the molecule is CCC(C)[Si](CC)(OC(=O)C(C)C[Si](OC)(OC)OC)C(C)CC. The number of carbonyl (C=O) groups excluding carboxylic acids is 1. The highest BCUT2D eigenvalue weighted by molar-refractivity contribution is 6.77. The maximum atomic E-state index is 12.9. The third-order valence-electron chi connectivity index (χ3n) is 5.63. The molecule has 0 heterocycles. The fourth-order valence-electron chi connectivity index (χ4n) is 3.39. The summed E-state index contributed by atoms with van der Waals surface area (Å²) in [6.07, 6.45) is 2.08. The summed E-state index contributed by atoms with van der Waals surface area (Å²) < 4.78 is 22.6. The van der Waals surface area contributed by atoms with E-state index in [0.717, 1.165) is 18.9 Å². The first-order valence-electron chi connectivity index (χ1n) is 9.10. The van der Waals surface area contributed by atoms with Gasteiger partial charge in [0.1, 0.15) is 0 Å². The zero-order valence-corrected chi connectivity index (χ0v) is 19.1. The lowest BCUT2D eigenvalue weighted by molar-refractivity contribution is -0.139. The molecule has 3 unspecified atom stereocenters. The first-order chi connectivity index (χ1) is 11.2. The summed E-state index contributed by atoms with van der Waals surface area (Å²) in [4.78, 5) is 12.9. The average molecular weight is 379 g/mol. The van der Waals surface area contributed by atoms with Crippen LogP contribution in [-0.2, 0) is 22.5 Å². The Balaban J connectivity index is 5.32. The Hall–Kier alpha value is -0.216. The molecule has 0 bridgehead atoms. The van der Waals surface area contributed by atoms with E-state index in [-0.39, 0.29) is 11.9 Å². The summed E-state index contributed by atoms with van der Waals surface area (Å²) in [6, 6.07) is 1.39. The van der Waals surface area contributed by atoms with Crippen LogP contribution < -0.4 is 0 Å². The Morgan fingerprint density at radius 2 is 1.29 bits per heavy atom. The third kappa shape index (κ3) is 5.39. The summed E-state index contributed by atoms with van der Waals surface area (Å²) in [7, 11) is -0.239. The standard InChI is InChI=1S/C17H38O5Si2/c1-10-15(5)23(12-3,16(6)11-2)22-17(18)14(4)13-24(19-7,20-8)21-9/h14-16H,10-13H2,1-9H3. The van der Waals surface area contributed by atoms with Gasteiger partial charge in [0.25, 0.3) is 14.3 Å². The van der Waals surface area contributed by atoms with E-state index in [2.05, 4.69) is 34.6 Å². The topological polar surface area (TPSA) is 54.0 Å². The van der Waals surface area contributed by atoms with Gasteiger partial charge in [-0.1, -0.05) is 54.4 Å². The second-order valence-corrected chi connectivity index (χ2v) is 14.5. The van der Waals surface area contributed by atoms with E-state index in [4.69, 9.17) is 17.7 Å². The van der Waals surface area contributed by atoms with Crippen molar-refractivity contribution >= 4 is 23.1 Å². The molecule has 0 amide bonds. The summed E-state index contributed by atoms with van der Waals surface area (Å²) in [6.45, 7) is 12.9. The van der Waals surface area contributed by atoms with Crippen molar-refractivity contribution in [3.63, 3.8) is 0 Å². The second-order valence-electron chi connectivity index (χ2n) is 6.75. The van der Waals surface area contributed by atoms with Gasteiger partial charge in [0.05, 0.1) is 5.92 Å². The minimum atomic E-state index is -2.79. The minimum absolute atomic E-state index is 0.132. The fraction of sp³-hybridized carbons (Fsp3) is 0.941. The predicted octanol–water partition coefficient (Wildman–Crippen LogP) is 4.61. The Morgan fingerprint density at radius 3 is 1.58 bits per heavy atom. The average Bonchev–Trinajstić information content (AvgIpc) is 2.62. The largest absolute Gasteiger partial charge is 0.518 e. The van der Waals surface area contributed by atoms with Gasteiger partial charge >= 0.3 is 8.80 Å². The van der Waals surface area contributed by atoms with Crippen molar-refractivity contribution in [3.05, 3.63) is 0 Å². The molecule has 0 aromatic rings. The number of rotatable bonds is 12. The lowest BCUT2D eigenvalue weighted by atomic mass is 10.2. The van der Waals surface area contributed by atoms with Gasteiger partial charge in [0, 0.05) is 27.4 Å². The molecule has 0 aromatic heterocycles. The van der Waals surface area contributed by atoms with Crippen LogP contribution in [0.3, 0.4) is 0 Å². The Labute approximate surface area is 150 Å². The van der Waals surface area contributed by atoms with Crippen molar-refractivity contribution in [2.75, 3.05) is 21.3 Å². The molecule has 0 rings (SSSR count). The Kier molecular flexibility index (Phi) is 10.6. The predicted molar refractivity (Wildman–Crippen MR) is 103 cm³/mol. The van der Waals surface area contributed by atoms with Crippen LogP contribution in [0.25, 0.3) is 0 Å². The number of hydrogen-bond donors (Lipinski definition) is 0. The van der Waals surface area contributed by atoms with Gasteiger partial charge in [-0.3, -0.25) is 4.79 Å². The zero-order chi connectivity index (χ0) is 19.0. The van der Waals surface area contributed by atoms with E-state index >= 15 is 0 Å². The minimum Gasteiger partial charge on any atom is -0.518 e. The zero-order valence-electron chi connectivity index (χ0n) is 17.1. The molecule has 5 nitrogen and oxygen atoms in total. The highest BCUT2D eigenvalue weighted by Crippen LogP contribution is 2.41. The first kappa shape index (κ1) is 23.8. The molecule has 0 N–H and O–H groups in total. The second kappa shape index (κ2) is 10.7. The highest BCUT2D eigenvalue weighted by Gasteiger charge is 2.48. The van der Waals surface area contributed by atoms with Gasteiger partial charge in [-0.05, 0) is 17.1 Å². The van der Waals surface area contributed by atoms with Gasteiger partial charge < -0.3 is 17.7 Å². The fourth-order valence-corrected chi connectivity index (χ4v) is 10.2. The molecule has 144 valence electrons. The van der Waals surface area contributed by atoms with Crippen molar-refractivity contribution in [2.24, 2.45) is 5.92 Å². The molecule has 7 heteroatoms. The van der Waals surface area contributed by atoms with E-state index < -0.39 is 17.1 Å². The van der Waals surface area contributed by atoms with Crippen molar-refractivity contribution < 1.29 is 22.5 Å². The van der Waals surface area contributed by atoms with Crippen molar-refractivity contribution in [2.45, 2.75) is 77.6 Å². The van der Waals surface area contributed by atoms with Crippen LogP contribution in [0.5, 0.6) is 0 Å². The molecule has 0 radical (unpaired) electrons. The van der Waals surface area contributed by atoms with Crippen molar-refractivity contribution in [1.29, 1.82) is 0 Å². The molecule has 0 saturated heterocycles. The van der Waals surface area contributed by atoms with E-state index in [1.54, 1.807) is 21.3 Å². The summed E-state index contributed by atoms with van der Waals surface area (Å²) in [5, 5.41) is 0. The van der Waals surface area contributed by atoms with Crippen molar-refractivity contribution in [3.8, 4) is 0 Å². The molecule has 0 spiro atoms. The molecule has 0 aliphatic carbocycles. The van der Waals surface area contributed by atoms with Gasteiger partial charge in [-0.2, -0.15) is 0 Å². The molecule has 3 atom stereocenters. The van der Waals surface area contributed by atoms with Gasteiger partial charge in [0.15, 0.2) is 0 Å². The van der Waals surface area contributed by atoms with Gasteiger partial charge in [-0.15, -0.1) is 0 Å². The number of carbonyl (C=O) groups is 1. The molecular formula is C17H38O5Si2. The third-order valence-corrected chi connectivity index (χ3v) is 14.4. The maximum Gasteiger partial charge on any atom is 0.501 e. The first-order valence-corrected chi connectivity index (χ1v) is 13.3. The smallest absolute Gasteiger partial charge is 0.501 e. The Morgan fingerprint density at radius 1 is 0.875 bits per heavy atom. The summed E-state index contributed by atoms with van der Waals surface area (Å²) >= 11 is 0. The van der Waals surface area contributed by atoms with E-state index in [9.17, 15) is 4.79 Å². The van der Waals surface area contributed by atoms with Crippen LogP contribution in [0.2, 0.25) is 23.2 Å². The van der Waals surface area contributed by atoms with E-state index in [1.165, 1.54) is 0 Å². The van der Waals surface area contributed by atoms with Crippen LogP contribution in [-0.4, -0.2) is 44.4 Å². The van der Waals surface area contributed by atoms with Crippen molar-refractivity contribution in [1.82, 2.24) is 0 Å². The molecule has 0 fully saturated rings. The monoisotopic (exact) mass is 378 g/mol. The van der Waals surface area contributed by atoms with E-state index in [1.807, 2.05) is 6.92 Å². The summed E-state index contributed by atoms with van der Waals surface area (Å²) in [5.74, 6) is -0.435. The molecular weight excluding hydrogens is 340 g/mol. The summed E-state index contributed by atoms with van der Waals surface area (Å²) in [5.41, 5.74) is 0.894. The molecule has 0 aliphatic heterocycles. The van der Waals surface area contributed by atoms with Crippen LogP contribution in [0, 0.1) is 5.92 Å². The number of hydrogen-bond acceptors (Lipinski definition) is 5. The molecule has 0 aromatic carbocycles. The maximum absolute atomic E-state index is 12.9. The van der Waals surface area contributed by atoms with Crippen LogP contribution >= 0.6 is 0 Å². The lowest BCUT2D eigenvalue weighted by Gasteiger charge is -2.40. The molecule has 24 heavy (non-hydrogen) atoms. The van der Waals surface area contributed by atoms with Gasteiger partial charge in [0.2, 0.25) is 0 Å². The van der Waals surface area contributed by atoms with Crippen LogP contribution in [0.15, 0.2) is 0 Å². The van der Waals surface area contributed by atoms with Crippen LogP contribution in [0.4, 0.5) is 0 Å². The van der Waals surface area contributed by atoms with Crippen LogP contribution in [0.1, 0.15) is 54.4 Å². The van der Waals surface area contributed by atoms with E-state index in [0.29, 0.717) is 17.1 Å². The lowest BCUT2D eigenvalue weighted by Crippen LogP contribution is -2.50. The Bertz CT molecular complexity index is 356. The normalized spacial score (nSPS) is 18.5. The highest BCUT2D eigenvalue weighted by atomic mass is 28.4. The quantitative estimate of drug-likeness (QED) is 0.464. The molecule has 0 saturated carbocycles. The van der Waals surface area contributed by atoms with Gasteiger partial charge in [-0.25, -0.2) is 0 Å². The molecule has 0 aliphatic rings.